The summed E-state index contributed by atoms with van der Waals surface area (Å²) in [4.78, 5) is 11.1. The molecule has 19 heavy (non-hydrogen) atoms. The number of fused-ring (bicyclic) bond motifs is 4. The van der Waals surface area contributed by atoms with E-state index in [1.54, 1.807) is 11.3 Å². The van der Waals surface area contributed by atoms with Crippen LogP contribution < -0.4 is 0 Å². The van der Waals surface area contributed by atoms with E-state index in [-0.39, 0.29) is 0 Å². The normalized spacial score (nSPS) is 11.4. The Labute approximate surface area is 114 Å². The van der Waals surface area contributed by atoms with Gasteiger partial charge in [-0.2, -0.15) is 0 Å². The summed E-state index contributed by atoms with van der Waals surface area (Å²) < 4.78 is 2.32. The highest BCUT2D eigenvalue weighted by atomic mass is 32.1. The van der Waals surface area contributed by atoms with E-state index in [9.17, 15) is 4.79 Å². The van der Waals surface area contributed by atoms with Crippen LogP contribution in [0.25, 0.3) is 30.9 Å². The van der Waals surface area contributed by atoms with Gasteiger partial charge in [0.1, 0.15) is 0 Å². The summed E-state index contributed by atoms with van der Waals surface area (Å²) in [6.07, 6.45) is 0.942. The van der Waals surface area contributed by atoms with Gasteiger partial charge < -0.3 is 0 Å². The predicted molar refractivity (Wildman–Crippen MR) is 82.2 cm³/mol. The molecular formula is C17H10OS. The molecule has 1 aromatic heterocycles. The second-order valence-electron chi connectivity index (χ2n) is 4.64. The smallest absolute Gasteiger partial charge is 0.151 e. The predicted octanol–water partition coefficient (Wildman–Crippen LogP) is 5.02. The molecule has 0 bridgehead atoms. The topological polar surface area (TPSA) is 17.1 Å². The van der Waals surface area contributed by atoms with Crippen molar-refractivity contribution in [2.24, 2.45) is 0 Å². The van der Waals surface area contributed by atoms with Crippen molar-refractivity contribution in [1.29, 1.82) is 0 Å². The lowest BCUT2D eigenvalue weighted by molar-refractivity contribution is 0.112. The second-order valence-corrected chi connectivity index (χ2v) is 5.69. The summed E-state index contributed by atoms with van der Waals surface area (Å²) in [6, 6.07) is 18.7. The van der Waals surface area contributed by atoms with E-state index in [2.05, 4.69) is 42.5 Å². The maximum atomic E-state index is 11.1. The molecule has 2 heteroatoms. The first kappa shape index (κ1) is 10.7. The molecule has 0 N–H and O–H groups in total. The fraction of sp³-hybridized carbons (Fsp3) is 0. The lowest BCUT2D eigenvalue weighted by Gasteiger charge is -1.98. The maximum absolute atomic E-state index is 11.1. The van der Waals surface area contributed by atoms with Gasteiger partial charge in [-0.05, 0) is 22.9 Å². The molecule has 0 saturated carbocycles. The molecule has 0 saturated heterocycles. The molecule has 0 fully saturated rings. The first-order valence-electron chi connectivity index (χ1n) is 6.16. The number of benzene rings is 3. The Morgan fingerprint density at radius 2 is 1.63 bits per heavy atom. The molecule has 3 aromatic carbocycles. The van der Waals surface area contributed by atoms with Gasteiger partial charge in [0.2, 0.25) is 0 Å². The number of rotatable bonds is 1. The van der Waals surface area contributed by atoms with E-state index in [1.165, 1.54) is 26.2 Å². The van der Waals surface area contributed by atoms with Gasteiger partial charge in [0, 0.05) is 25.7 Å². The van der Waals surface area contributed by atoms with E-state index in [1.807, 2.05) is 12.1 Å². The molecule has 0 amide bonds. The van der Waals surface area contributed by atoms with Gasteiger partial charge in [-0.25, -0.2) is 0 Å². The van der Waals surface area contributed by atoms with Gasteiger partial charge >= 0.3 is 0 Å². The Balaban J connectivity index is 2.25. The van der Waals surface area contributed by atoms with Crippen LogP contribution >= 0.6 is 11.3 Å². The van der Waals surface area contributed by atoms with E-state index in [0.29, 0.717) is 0 Å². The second kappa shape index (κ2) is 3.90. The number of carbonyl (C=O) groups excluding carboxylic acids is 1. The van der Waals surface area contributed by atoms with Gasteiger partial charge in [-0.3, -0.25) is 4.79 Å². The number of hydrogen-bond donors (Lipinski definition) is 0. The highest BCUT2D eigenvalue weighted by Gasteiger charge is 2.09. The number of carbonyl (C=O) groups is 1. The summed E-state index contributed by atoms with van der Waals surface area (Å²) >= 11 is 1.70. The summed E-state index contributed by atoms with van der Waals surface area (Å²) in [5.74, 6) is 0. The van der Waals surface area contributed by atoms with E-state index >= 15 is 0 Å². The minimum Gasteiger partial charge on any atom is -0.298 e. The zero-order valence-corrected chi connectivity index (χ0v) is 10.9. The molecule has 1 heterocycles. The quantitative estimate of drug-likeness (QED) is 0.440. The van der Waals surface area contributed by atoms with Crippen molar-refractivity contribution < 1.29 is 4.79 Å². The van der Waals surface area contributed by atoms with Gasteiger partial charge in [0.15, 0.2) is 6.29 Å². The molecule has 90 valence electrons. The van der Waals surface area contributed by atoms with Gasteiger partial charge in [-0.15, -0.1) is 11.3 Å². The average molecular weight is 262 g/mol. The van der Waals surface area contributed by atoms with Crippen LogP contribution in [0.5, 0.6) is 0 Å². The Morgan fingerprint density at radius 1 is 0.842 bits per heavy atom. The van der Waals surface area contributed by atoms with Gasteiger partial charge in [-0.1, -0.05) is 42.5 Å². The standard InChI is InChI=1S/C17H10OS/c18-10-13-6-3-7-14-15-8-11-4-1-2-5-12(11)9-16(15)19-17(13)14/h1-10H. The molecule has 0 unspecified atom stereocenters. The molecule has 0 atom stereocenters. The largest absolute Gasteiger partial charge is 0.298 e. The van der Waals surface area contributed by atoms with Gasteiger partial charge in [0.05, 0.1) is 0 Å². The van der Waals surface area contributed by atoms with Crippen molar-refractivity contribution in [3.8, 4) is 0 Å². The highest BCUT2D eigenvalue weighted by molar-refractivity contribution is 7.26. The minimum absolute atomic E-state index is 0.780. The Hall–Kier alpha value is -2.19. The lowest BCUT2D eigenvalue weighted by Crippen LogP contribution is -1.77. The van der Waals surface area contributed by atoms with E-state index in [0.717, 1.165) is 16.5 Å². The monoisotopic (exact) mass is 262 g/mol. The van der Waals surface area contributed by atoms with Crippen molar-refractivity contribution >= 4 is 48.6 Å². The SMILES string of the molecule is O=Cc1cccc2c1sc1cc3ccccc3cc12. The van der Waals surface area contributed by atoms with Crippen LogP contribution in [-0.4, -0.2) is 6.29 Å². The molecule has 4 rings (SSSR count). The summed E-state index contributed by atoms with van der Waals surface area (Å²) in [7, 11) is 0. The van der Waals surface area contributed by atoms with Crippen LogP contribution in [0.2, 0.25) is 0 Å². The first-order valence-corrected chi connectivity index (χ1v) is 6.98. The van der Waals surface area contributed by atoms with Crippen molar-refractivity contribution in [2.45, 2.75) is 0 Å². The maximum Gasteiger partial charge on any atom is 0.151 e. The summed E-state index contributed by atoms with van der Waals surface area (Å²) in [6.45, 7) is 0. The third-order valence-electron chi connectivity index (χ3n) is 3.52. The zero-order chi connectivity index (χ0) is 12.8. The van der Waals surface area contributed by atoms with Crippen LogP contribution in [0.15, 0.2) is 54.6 Å². The third-order valence-corrected chi connectivity index (χ3v) is 4.74. The fourth-order valence-corrected chi connectivity index (χ4v) is 3.80. The molecule has 0 aliphatic rings. The Bertz CT molecular complexity index is 934. The van der Waals surface area contributed by atoms with Crippen LogP contribution in [0.1, 0.15) is 10.4 Å². The fourth-order valence-electron chi connectivity index (χ4n) is 2.60. The minimum atomic E-state index is 0.780. The molecule has 0 aliphatic carbocycles. The van der Waals surface area contributed by atoms with Crippen molar-refractivity contribution in [1.82, 2.24) is 0 Å². The third kappa shape index (κ3) is 1.50. The van der Waals surface area contributed by atoms with Crippen molar-refractivity contribution in [3.63, 3.8) is 0 Å². The lowest BCUT2D eigenvalue weighted by atomic mass is 10.1. The van der Waals surface area contributed by atoms with Crippen LogP contribution in [-0.2, 0) is 0 Å². The zero-order valence-electron chi connectivity index (χ0n) is 10.1. The molecule has 0 radical (unpaired) electrons. The van der Waals surface area contributed by atoms with Crippen molar-refractivity contribution in [2.75, 3.05) is 0 Å². The van der Waals surface area contributed by atoms with Gasteiger partial charge in [0.25, 0.3) is 0 Å². The number of aldehydes is 1. The highest BCUT2D eigenvalue weighted by Crippen LogP contribution is 2.37. The molecule has 1 nitrogen and oxygen atoms in total. The van der Waals surface area contributed by atoms with Crippen LogP contribution in [0, 0.1) is 0 Å². The molecule has 0 spiro atoms. The number of thiophene rings is 1. The first-order chi connectivity index (χ1) is 9.36. The summed E-state index contributed by atoms with van der Waals surface area (Å²) in [5, 5.41) is 4.90. The summed E-state index contributed by atoms with van der Waals surface area (Å²) in [5.41, 5.74) is 0.780. The van der Waals surface area contributed by atoms with E-state index in [4.69, 9.17) is 0 Å². The van der Waals surface area contributed by atoms with Crippen LogP contribution in [0.4, 0.5) is 0 Å². The molecule has 4 aromatic rings. The average Bonchev–Trinajstić information content (AvgIpc) is 2.82. The number of hydrogen-bond acceptors (Lipinski definition) is 2. The van der Waals surface area contributed by atoms with Crippen molar-refractivity contribution in [3.05, 3.63) is 60.2 Å². The molecular weight excluding hydrogens is 252 g/mol. The Morgan fingerprint density at radius 3 is 2.42 bits per heavy atom. The van der Waals surface area contributed by atoms with Crippen LogP contribution in [0.3, 0.4) is 0 Å². The molecule has 0 aliphatic heterocycles. The van der Waals surface area contributed by atoms with E-state index < -0.39 is 0 Å². The Kier molecular flexibility index (Phi) is 2.20.